The molecule has 0 aliphatic carbocycles. The van der Waals surface area contributed by atoms with E-state index >= 15 is 0 Å². The molecule has 94 valence electrons. The molecule has 0 bridgehead atoms. The second-order valence-corrected chi connectivity index (χ2v) is 3.27. The average Bonchev–Trinajstić information content (AvgIpc) is 2.24. The quantitative estimate of drug-likeness (QED) is 0.811. The Balaban J connectivity index is 2.87. The molecule has 0 atom stereocenters. The number of rotatable bonds is 3. The van der Waals surface area contributed by atoms with Crippen molar-refractivity contribution in [2.75, 3.05) is 18.9 Å². The number of amides is 1. The number of alkyl halides is 3. The van der Waals surface area contributed by atoms with Crippen LogP contribution in [-0.4, -0.2) is 29.5 Å². The lowest BCUT2D eigenvalue weighted by atomic mass is 10.4. The molecule has 1 amide bonds. The van der Waals surface area contributed by atoms with E-state index in [0.717, 1.165) is 0 Å². The van der Waals surface area contributed by atoms with Crippen LogP contribution in [0.5, 0.6) is 0 Å². The zero-order valence-corrected chi connectivity index (χ0v) is 9.35. The van der Waals surface area contributed by atoms with Crippen LogP contribution < -0.4 is 10.6 Å². The molecule has 17 heavy (non-hydrogen) atoms. The standard InChI is InChI=1S/C8H8ClF3N4O/c1-13-6(17)3-14-5-2-4(8(10,11)12)15-7(9)16-5/h2H,3H2,1H3,(H,13,17)(H,14,15,16). The molecule has 1 aromatic rings. The summed E-state index contributed by atoms with van der Waals surface area (Å²) in [4.78, 5) is 17.4. The second kappa shape index (κ2) is 5.17. The minimum atomic E-state index is -4.62. The minimum Gasteiger partial charge on any atom is -0.361 e. The molecule has 0 saturated carbocycles. The van der Waals surface area contributed by atoms with Gasteiger partial charge in [-0.2, -0.15) is 13.2 Å². The summed E-state index contributed by atoms with van der Waals surface area (Å²) in [7, 11) is 1.40. The molecule has 0 spiro atoms. The summed E-state index contributed by atoms with van der Waals surface area (Å²) in [5.41, 5.74) is -1.17. The molecule has 0 aliphatic rings. The number of hydrogen-bond donors (Lipinski definition) is 2. The van der Waals surface area contributed by atoms with Gasteiger partial charge < -0.3 is 10.6 Å². The molecular formula is C8H8ClF3N4O. The molecule has 1 aromatic heterocycles. The van der Waals surface area contributed by atoms with Gasteiger partial charge in [0.1, 0.15) is 5.82 Å². The SMILES string of the molecule is CNC(=O)CNc1cc(C(F)(F)F)nc(Cl)n1. The Hall–Kier alpha value is -1.57. The first kappa shape index (κ1) is 13.5. The zero-order chi connectivity index (χ0) is 13.1. The highest BCUT2D eigenvalue weighted by atomic mass is 35.5. The number of likely N-dealkylation sites (N-methyl/N-ethyl adjacent to an activating group) is 1. The summed E-state index contributed by atoms with van der Waals surface area (Å²) in [6.07, 6.45) is -4.62. The summed E-state index contributed by atoms with van der Waals surface area (Å²) in [6.45, 7) is -0.207. The first-order chi connectivity index (χ1) is 7.82. The number of carbonyl (C=O) groups is 1. The molecule has 9 heteroatoms. The molecule has 5 nitrogen and oxygen atoms in total. The third-order valence-corrected chi connectivity index (χ3v) is 1.87. The van der Waals surface area contributed by atoms with Crippen LogP contribution in [0.25, 0.3) is 0 Å². The van der Waals surface area contributed by atoms with E-state index in [9.17, 15) is 18.0 Å². The summed E-state index contributed by atoms with van der Waals surface area (Å²) in [6, 6.07) is 0.675. The van der Waals surface area contributed by atoms with E-state index in [2.05, 4.69) is 20.6 Å². The van der Waals surface area contributed by atoms with Crippen LogP contribution in [0.2, 0.25) is 5.28 Å². The van der Waals surface area contributed by atoms with Crippen molar-refractivity contribution in [3.8, 4) is 0 Å². The lowest BCUT2D eigenvalue weighted by Crippen LogP contribution is -2.26. The zero-order valence-electron chi connectivity index (χ0n) is 8.60. The summed E-state index contributed by atoms with van der Waals surface area (Å²) in [5.74, 6) is -0.561. The third-order valence-electron chi connectivity index (χ3n) is 1.70. The summed E-state index contributed by atoms with van der Waals surface area (Å²) < 4.78 is 37.1. The van der Waals surface area contributed by atoms with E-state index in [1.807, 2.05) is 0 Å². The third kappa shape index (κ3) is 4.06. The number of halogens is 4. The topological polar surface area (TPSA) is 66.9 Å². The Morgan fingerprint density at radius 3 is 2.65 bits per heavy atom. The highest BCUT2D eigenvalue weighted by Gasteiger charge is 2.33. The Bertz CT molecular complexity index is 424. The van der Waals surface area contributed by atoms with Gasteiger partial charge in [0.2, 0.25) is 11.2 Å². The maximum atomic E-state index is 12.4. The van der Waals surface area contributed by atoms with Gasteiger partial charge >= 0.3 is 6.18 Å². The van der Waals surface area contributed by atoms with Crippen molar-refractivity contribution in [1.82, 2.24) is 15.3 Å². The number of nitrogens with zero attached hydrogens (tertiary/aromatic N) is 2. The van der Waals surface area contributed by atoms with E-state index < -0.39 is 23.1 Å². The molecule has 1 rings (SSSR count). The summed E-state index contributed by atoms with van der Waals surface area (Å²) >= 11 is 5.34. The molecule has 0 unspecified atom stereocenters. The van der Waals surface area contributed by atoms with Gasteiger partial charge in [-0.05, 0) is 11.6 Å². The first-order valence-corrected chi connectivity index (χ1v) is 4.77. The average molecular weight is 269 g/mol. The van der Waals surface area contributed by atoms with Crippen LogP contribution in [0.15, 0.2) is 6.07 Å². The lowest BCUT2D eigenvalue weighted by molar-refractivity contribution is -0.141. The van der Waals surface area contributed by atoms with E-state index in [1.165, 1.54) is 7.05 Å². The number of nitrogens with one attached hydrogen (secondary N) is 2. The number of aromatic nitrogens is 2. The van der Waals surface area contributed by atoms with Gasteiger partial charge in [-0.25, -0.2) is 9.97 Å². The van der Waals surface area contributed by atoms with Gasteiger partial charge in [0.15, 0.2) is 5.69 Å². The van der Waals surface area contributed by atoms with Gasteiger partial charge in [0.25, 0.3) is 0 Å². The van der Waals surface area contributed by atoms with Crippen molar-refractivity contribution >= 4 is 23.3 Å². The molecule has 2 N–H and O–H groups in total. The van der Waals surface area contributed by atoms with Crippen molar-refractivity contribution in [1.29, 1.82) is 0 Å². The van der Waals surface area contributed by atoms with E-state index in [1.54, 1.807) is 0 Å². The Morgan fingerprint density at radius 2 is 2.12 bits per heavy atom. The van der Waals surface area contributed by atoms with Gasteiger partial charge in [0.05, 0.1) is 6.54 Å². The number of anilines is 1. The smallest absolute Gasteiger partial charge is 0.361 e. The molecule has 0 saturated heterocycles. The predicted octanol–water partition coefficient (Wildman–Crippen LogP) is 1.31. The predicted molar refractivity (Wildman–Crippen MR) is 54.6 cm³/mol. The summed E-state index contributed by atoms with van der Waals surface area (Å²) in [5, 5.41) is 4.15. The van der Waals surface area contributed by atoms with E-state index in [0.29, 0.717) is 6.07 Å². The monoisotopic (exact) mass is 268 g/mol. The van der Waals surface area contributed by atoms with Crippen molar-refractivity contribution in [2.24, 2.45) is 0 Å². The second-order valence-electron chi connectivity index (χ2n) is 2.93. The van der Waals surface area contributed by atoms with Gasteiger partial charge in [-0.1, -0.05) is 0 Å². The highest BCUT2D eigenvalue weighted by Crippen LogP contribution is 2.29. The Labute approximate surface area is 99.4 Å². The molecule has 0 aromatic carbocycles. The maximum absolute atomic E-state index is 12.4. The van der Waals surface area contributed by atoms with Crippen LogP contribution in [-0.2, 0) is 11.0 Å². The minimum absolute atomic E-state index is 0.166. The van der Waals surface area contributed by atoms with Crippen molar-refractivity contribution in [3.05, 3.63) is 17.0 Å². The van der Waals surface area contributed by atoms with Crippen LogP contribution in [0.1, 0.15) is 5.69 Å². The molecular weight excluding hydrogens is 261 g/mol. The fourth-order valence-corrected chi connectivity index (χ4v) is 1.09. The van der Waals surface area contributed by atoms with Crippen LogP contribution in [0, 0.1) is 0 Å². The van der Waals surface area contributed by atoms with Crippen LogP contribution in [0.4, 0.5) is 19.0 Å². The molecule has 1 heterocycles. The number of carbonyl (C=O) groups excluding carboxylic acids is 1. The first-order valence-electron chi connectivity index (χ1n) is 4.39. The van der Waals surface area contributed by atoms with Crippen molar-refractivity contribution < 1.29 is 18.0 Å². The fraction of sp³-hybridized carbons (Fsp3) is 0.375. The Morgan fingerprint density at radius 1 is 1.47 bits per heavy atom. The Kier molecular flexibility index (Phi) is 4.11. The fourth-order valence-electron chi connectivity index (χ4n) is 0.913. The molecule has 0 fully saturated rings. The maximum Gasteiger partial charge on any atom is 0.433 e. The molecule has 0 aliphatic heterocycles. The van der Waals surface area contributed by atoms with Crippen molar-refractivity contribution in [2.45, 2.75) is 6.18 Å². The number of hydrogen-bond acceptors (Lipinski definition) is 4. The van der Waals surface area contributed by atoms with Crippen LogP contribution >= 0.6 is 11.6 Å². The van der Waals surface area contributed by atoms with Gasteiger partial charge in [-0.3, -0.25) is 4.79 Å². The van der Waals surface area contributed by atoms with Crippen molar-refractivity contribution in [3.63, 3.8) is 0 Å². The van der Waals surface area contributed by atoms with Gasteiger partial charge in [-0.15, -0.1) is 0 Å². The van der Waals surface area contributed by atoms with Crippen LogP contribution in [0.3, 0.4) is 0 Å². The highest BCUT2D eigenvalue weighted by molar-refractivity contribution is 6.28. The van der Waals surface area contributed by atoms with E-state index in [-0.39, 0.29) is 12.4 Å². The van der Waals surface area contributed by atoms with E-state index in [4.69, 9.17) is 11.6 Å². The normalized spacial score (nSPS) is 11.1. The molecule has 0 radical (unpaired) electrons. The largest absolute Gasteiger partial charge is 0.433 e. The van der Waals surface area contributed by atoms with Gasteiger partial charge in [0, 0.05) is 13.1 Å². The lowest BCUT2D eigenvalue weighted by Gasteiger charge is -2.09.